The molecule has 6 heteroatoms. The van der Waals surface area contributed by atoms with Crippen LogP contribution in [0.2, 0.25) is 10.0 Å². The zero-order valence-corrected chi connectivity index (χ0v) is 13.4. The van der Waals surface area contributed by atoms with Gasteiger partial charge in [-0.15, -0.1) is 0 Å². The van der Waals surface area contributed by atoms with Gasteiger partial charge < -0.3 is 9.64 Å². The van der Waals surface area contributed by atoms with Crippen molar-refractivity contribution in [3.8, 4) is 5.75 Å². The molecule has 0 unspecified atom stereocenters. The van der Waals surface area contributed by atoms with Crippen molar-refractivity contribution in [2.24, 2.45) is 0 Å². The third-order valence-corrected chi connectivity index (χ3v) is 3.55. The van der Waals surface area contributed by atoms with Gasteiger partial charge in [0.2, 0.25) is 0 Å². The number of halogens is 3. The number of ether oxygens (including phenoxy) is 1. The molecule has 0 saturated carbocycles. The van der Waals surface area contributed by atoms with Crippen molar-refractivity contribution in [3.63, 3.8) is 0 Å². The van der Waals surface area contributed by atoms with Crippen molar-refractivity contribution in [1.29, 1.82) is 0 Å². The maximum Gasteiger partial charge on any atom is 0.264 e. The van der Waals surface area contributed by atoms with Crippen LogP contribution in [0.1, 0.15) is 6.92 Å². The highest BCUT2D eigenvalue weighted by molar-refractivity contribution is 6.34. The van der Waals surface area contributed by atoms with Crippen LogP contribution in [0, 0.1) is 5.82 Å². The summed E-state index contributed by atoms with van der Waals surface area (Å²) in [6, 6.07) is 10.5. The standard InChI is InChI=1S/C16H14Cl2FNO2/c1-2-20(13-6-4-12(19)5-7-13)16(21)10-22-15-9-11(17)3-8-14(15)18/h3-9H,2,10H2,1H3. The number of likely N-dealkylation sites (N-methyl/N-ethyl adjacent to an activating group) is 1. The molecule has 0 N–H and O–H groups in total. The van der Waals surface area contributed by atoms with Crippen molar-refractivity contribution >= 4 is 34.8 Å². The van der Waals surface area contributed by atoms with E-state index in [1.807, 2.05) is 6.92 Å². The van der Waals surface area contributed by atoms with E-state index >= 15 is 0 Å². The van der Waals surface area contributed by atoms with Crippen LogP contribution in [-0.2, 0) is 4.79 Å². The normalized spacial score (nSPS) is 10.4. The Balaban J connectivity index is 2.06. The summed E-state index contributed by atoms with van der Waals surface area (Å²) in [6.07, 6.45) is 0. The maximum atomic E-state index is 13.0. The summed E-state index contributed by atoms with van der Waals surface area (Å²) < 4.78 is 18.4. The van der Waals surface area contributed by atoms with Crippen LogP contribution in [0.3, 0.4) is 0 Å². The summed E-state index contributed by atoms with van der Waals surface area (Å²) in [4.78, 5) is 13.8. The second kappa shape index (κ2) is 7.47. The lowest BCUT2D eigenvalue weighted by Gasteiger charge is -2.21. The van der Waals surface area contributed by atoms with Gasteiger partial charge in [0.25, 0.3) is 5.91 Å². The Morgan fingerprint density at radius 2 is 1.86 bits per heavy atom. The number of rotatable bonds is 5. The lowest BCUT2D eigenvalue weighted by Crippen LogP contribution is -2.34. The van der Waals surface area contributed by atoms with Gasteiger partial charge in [0.1, 0.15) is 11.6 Å². The topological polar surface area (TPSA) is 29.5 Å². The predicted molar refractivity (Wildman–Crippen MR) is 86.4 cm³/mol. The van der Waals surface area contributed by atoms with Crippen molar-refractivity contribution in [3.05, 3.63) is 58.3 Å². The van der Waals surface area contributed by atoms with Crippen LogP contribution >= 0.6 is 23.2 Å². The summed E-state index contributed by atoms with van der Waals surface area (Å²) in [5, 5.41) is 0.847. The zero-order chi connectivity index (χ0) is 16.1. The second-order valence-corrected chi connectivity index (χ2v) is 5.32. The summed E-state index contributed by atoms with van der Waals surface area (Å²) in [6.45, 7) is 2.08. The SMILES string of the molecule is CCN(C(=O)COc1cc(Cl)ccc1Cl)c1ccc(F)cc1. The Kier molecular flexibility index (Phi) is 5.63. The molecule has 3 nitrogen and oxygen atoms in total. The predicted octanol–water partition coefficient (Wildman–Crippen LogP) is 4.56. The first-order valence-electron chi connectivity index (χ1n) is 6.65. The van der Waals surface area contributed by atoms with E-state index in [0.717, 1.165) is 0 Å². The Labute approximate surface area is 138 Å². The van der Waals surface area contributed by atoms with Crippen LogP contribution in [0.25, 0.3) is 0 Å². The fourth-order valence-electron chi connectivity index (χ4n) is 1.93. The molecule has 0 fully saturated rings. The Morgan fingerprint density at radius 1 is 1.18 bits per heavy atom. The van der Waals surface area contributed by atoms with Crippen LogP contribution in [0.15, 0.2) is 42.5 Å². The van der Waals surface area contributed by atoms with Crippen molar-refractivity contribution in [2.75, 3.05) is 18.1 Å². The quantitative estimate of drug-likeness (QED) is 0.797. The van der Waals surface area contributed by atoms with Crippen molar-refractivity contribution < 1.29 is 13.9 Å². The fourth-order valence-corrected chi connectivity index (χ4v) is 2.26. The van der Waals surface area contributed by atoms with E-state index in [-0.39, 0.29) is 18.3 Å². The number of hydrogen-bond acceptors (Lipinski definition) is 2. The minimum absolute atomic E-state index is 0.189. The molecule has 0 saturated heterocycles. The van der Waals surface area contributed by atoms with Gasteiger partial charge in [-0.2, -0.15) is 0 Å². The average molecular weight is 342 g/mol. The molecule has 0 aliphatic heterocycles. The van der Waals surface area contributed by atoms with E-state index in [2.05, 4.69) is 0 Å². The molecule has 0 spiro atoms. The molecule has 1 amide bonds. The van der Waals surface area contributed by atoms with E-state index < -0.39 is 0 Å². The monoisotopic (exact) mass is 341 g/mol. The second-order valence-electron chi connectivity index (χ2n) is 4.48. The van der Waals surface area contributed by atoms with Crippen LogP contribution in [-0.4, -0.2) is 19.1 Å². The smallest absolute Gasteiger partial charge is 0.264 e. The number of nitrogens with zero attached hydrogens (tertiary/aromatic N) is 1. The first-order valence-corrected chi connectivity index (χ1v) is 7.40. The fraction of sp³-hybridized carbons (Fsp3) is 0.188. The molecule has 0 aliphatic rings. The minimum atomic E-state index is -0.353. The number of anilines is 1. The van der Waals surface area contributed by atoms with E-state index in [0.29, 0.717) is 28.0 Å². The Bertz CT molecular complexity index is 662. The van der Waals surface area contributed by atoms with Crippen molar-refractivity contribution in [1.82, 2.24) is 0 Å². The minimum Gasteiger partial charge on any atom is -0.482 e. The summed E-state index contributed by atoms with van der Waals surface area (Å²) in [5.41, 5.74) is 0.606. The van der Waals surface area contributed by atoms with Crippen LogP contribution < -0.4 is 9.64 Å². The van der Waals surface area contributed by atoms with Gasteiger partial charge in [0.15, 0.2) is 6.61 Å². The van der Waals surface area contributed by atoms with Gasteiger partial charge in [0, 0.05) is 23.3 Å². The highest BCUT2D eigenvalue weighted by Gasteiger charge is 2.15. The van der Waals surface area contributed by atoms with Gasteiger partial charge in [-0.25, -0.2) is 4.39 Å². The Hall–Kier alpha value is -1.78. The largest absolute Gasteiger partial charge is 0.482 e. The molecule has 2 aromatic rings. The summed E-state index contributed by atoms with van der Waals surface area (Å²) in [7, 11) is 0. The van der Waals surface area contributed by atoms with E-state index in [1.54, 1.807) is 30.3 Å². The van der Waals surface area contributed by atoms with Crippen LogP contribution in [0.4, 0.5) is 10.1 Å². The number of hydrogen-bond donors (Lipinski definition) is 0. The van der Waals surface area contributed by atoms with Gasteiger partial charge in [-0.05, 0) is 43.3 Å². The first-order chi connectivity index (χ1) is 10.5. The van der Waals surface area contributed by atoms with E-state index in [1.165, 1.54) is 17.0 Å². The number of carbonyl (C=O) groups excluding carboxylic acids is 1. The molecular formula is C16H14Cl2FNO2. The molecule has 116 valence electrons. The molecule has 0 heterocycles. The molecule has 0 radical (unpaired) electrons. The van der Waals surface area contributed by atoms with Gasteiger partial charge in [-0.1, -0.05) is 23.2 Å². The molecule has 0 aliphatic carbocycles. The molecule has 22 heavy (non-hydrogen) atoms. The summed E-state index contributed by atoms with van der Waals surface area (Å²) in [5.74, 6) is -0.267. The molecule has 2 aromatic carbocycles. The lowest BCUT2D eigenvalue weighted by molar-refractivity contribution is -0.120. The molecule has 0 bridgehead atoms. The van der Waals surface area contributed by atoms with Gasteiger partial charge >= 0.3 is 0 Å². The van der Waals surface area contributed by atoms with Crippen molar-refractivity contribution in [2.45, 2.75) is 6.92 Å². The van der Waals surface area contributed by atoms with Crippen LogP contribution in [0.5, 0.6) is 5.75 Å². The summed E-state index contributed by atoms with van der Waals surface area (Å²) >= 11 is 11.8. The van der Waals surface area contributed by atoms with E-state index in [9.17, 15) is 9.18 Å². The molecule has 0 atom stereocenters. The highest BCUT2D eigenvalue weighted by Crippen LogP contribution is 2.27. The molecular weight excluding hydrogens is 328 g/mol. The number of benzene rings is 2. The number of amides is 1. The lowest BCUT2D eigenvalue weighted by atomic mass is 10.2. The molecule has 2 rings (SSSR count). The average Bonchev–Trinajstić information content (AvgIpc) is 2.51. The molecule has 0 aromatic heterocycles. The number of carbonyl (C=O) groups is 1. The first kappa shape index (κ1) is 16.6. The third-order valence-electron chi connectivity index (χ3n) is 3.00. The van der Waals surface area contributed by atoms with E-state index in [4.69, 9.17) is 27.9 Å². The Morgan fingerprint density at radius 3 is 2.50 bits per heavy atom. The third kappa shape index (κ3) is 4.12. The maximum absolute atomic E-state index is 13.0. The zero-order valence-electron chi connectivity index (χ0n) is 11.9. The van der Waals surface area contributed by atoms with Gasteiger partial charge in [0.05, 0.1) is 5.02 Å². The highest BCUT2D eigenvalue weighted by atomic mass is 35.5. The van der Waals surface area contributed by atoms with Gasteiger partial charge in [-0.3, -0.25) is 4.79 Å².